The molecule has 0 radical (unpaired) electrons. The molecular weight excluding hydrogens is 240 g/mol. The number of nitrogens with one attached hydrogen (secondary N) is 1. The predicted octanol–water partition coefficient (Wildman–Crippen LogP) is 1.41. The van der Waals surface area contributed by atoms with Gasteiger partial charge in [0.05, 0.1) is 6.10 Å². The minimum absolute atomic E-state index is 0.0326. The summed E-state index contributed by atoms with van der Waals surface area (Å²) in [4.78, 5) is 12.7. The van der Waals surface area contributed by atoms with E-state index in [2.05, 4.69) is 11.4 Å². The summed E-state index contributed by atoms with van der Waals surface area (Å²) >= 11 is 0. The molecule has 0 aliphatic carbocycles. The first-order valence-electron chi connectivity index (χ1n) is 7.39. The highest BCUT2D eigenvalue weighted by Crippen LogP contribution is 2.33. The van der Waals surface area contributed by atoms with Gasteiger partial charge in [-0.2, -0.15) is 0 Å². The van der Waals surface area contributed by atoms with Crippen LogP contribution >= 0.6 is 0 Å². The van der Waals surface area contributed by atoms with Gasteiger partial charge in [0.15, 0.2) is 0 Å². The van der Waals surface area contributed by atoms with E-state index in [0.29, 0.717) is 11.8 Å². The number of hydrogen-bond donors (Lipinski definition) is 1. The molecule has 4 heterocycles. The third kappa shape index (κ3) is 1.85. The van der Waals surface area contributed by atoms with Gasteiger partial charge in [-0.05, 0) is 43.9 Å². The lowest BCUT2D eigenvalue weighted by Crippen LogP contribution is -2.45. The molecule has 2 bridgehead atoms. The molecule has 0 amide bonds. The first-order chi connectivity index (χ1) is 9.33. The Kier molecular flexibility index (Phi) is 2.74. The molecule has 19 heavy (non-hydrogen) atoms. The highest BCUT2D eigenvalue weighted by Gasteiger charge is 2.32. The van der Waals surface area contributed by atoms with Gasteiger partial charge < -0.3 is 14.6 Å². The van der Waals surface area contributed by atoms with E-state index in [0.717, 1.165) is 44.6 Å². The van der Waals surface area contributed by atoms with Crippen molar-refractivity contribution in [3.05, 3.63) is 33.7 Å². The fourth-order valence-electron chi connectivity index (χ4n) is 3.88. The second-order valence-electron chi connectivity index (χ2n) is 6.09. The normalized spacial score (nSPS) is 33.2. The lowest BCUT2D eigenvalue weighted by molar-refractivity contribution is 0.110. The average molecular weight is 260 g/mol. The van der Waals surface area contributed by atoms with E-state index in [1.54, 1.807) is 0 Å². The Morgan fingerprint density at radius 3 is 3.11 bits per heavy atom. The van der Waals surface area contributed by atoms with E-state index in [4.69, 9.17) is 4.74 Å². The van der Waals surface area contributed by atoms with E-state index in [1.165, 1.54) is 12.1 Å². The van der Waals surface area contributed by atoms with Crippen molar-refractivity contribution in [1.29, 1.82) is 0 Å². The molecule has 2 saturated heterocycles. The van der Waals surface area contributed by atoms with E-state index >= 15 is 0 Å². The molecule has 0 spiro atoms. The highest BCUT2D eigenvalue weighted by molar-refractivity contribution is 5.24. The standard InChI is InChI=1S/C15H20N2O2/c18-15-12(14-2-1-5-19-14)3-4-13-11-6-10(7-16-8-11)9-17(13)15/h3-4,10-11,14,16H,1-2,5-9H2. The molecule has 4 nitrogen and oxygen atoms in total. The van der Waals surface area contributed by atoms with Gasteiger partial charge in [0.1, 0.15) is 0 Å². The van der Waals surface area contributed by atoms with Crippen molar-refractivity contribution in [3.63, 3.8) is 0 Å². The average Bonchev–Trinajstić information content (AvgIpc) is 2.94. The zero-order valence-corrected chi connectivity index (χ0v) is 11.1. The van der Waals surface area contributed by atoms with Crippen LogP contribution in [0.2, 0.25) is 0 Å². The minimum atomic E-state index is 0.0326. The van der Waals surface area contributed by atoms with Gasteiger partial charge in [-0.15, -0.1) is 0 Å². The van der Waals surface area contributed by atoms with Crippen molar-refractivity contribution in [3.8, 4) is 0 Å². The van der Waals surface area contributed by atoms with Crippen molar-refractivity contribution >= 4 is 0 Å². The van der Waals surface area contributed by atoms with E-state index in [1.807, 2.05) is 10.6 Å². The van der Waals surface area contributed by atoms with E-state index in [-0.39, 0.29) is 11.7 Å². The van der Waals surface area contributed by atoms with Crippen LogP contribution in [0.5, 0.6) is 0 Å². The van der Waals surface area contributed by atoms with Crippen molar-refractivity contribution in [2.75, 3.05) is 19.7 Å². The molecule has 1 aromatic rings. The van der Waals surface area contributed by atoms with Gasteiger partial charge >= 0.3 is 0 Å². The van der Waals surface area contributed by atoms with Crippen LogP contribution in [0.1, 0.15) is 42.5 Å². The predicted molar refractivity (Wildman–Crippen MR) is 72.3 cm³/mol. The Bertz CT molecular complexity index is 546. The summed E-state index contributed by atoms with van der Waals surface area (Å²) < 4.78 is 7.70. The number of aromatic nitrogens is 1. The summed E-state index contributed by atoms with van der Waals surface area (Å²) in [6.07, 6.45) is 3.32. The number of rotatable bonds is 1. The molecule has 3 aliphatic rings. The van der Waals surface area contributed by atoms with Crippen LogP contribution in [0.15, 0.2) is 16.9 Å². The Morgan fingerprint density at radius 1 is 1.32 bits per heavy atom. The van der Waals surface area contributed by atoms with Crippen molar-refractivity contribution < 1.29 is 4.74 Å². The maximum Gasteiger partial charge on any atom is 0.256 e. The third-order valence-corrected chi connectivity index (χ3v) is 4.81. The number of piperidine rings is 1. The largest absolute Gasteiger partial charge is 0.373 e. The third-order valence-electron chi connectivity index (χ3n) is 4.81. The molecule has 4 rings (SSSR count). The van der Waals surface area contributed by atoms with E-state index < -0.39 is 0 Å². The quantitative estimate of drug-likeness (QED) is 0.830. The van der Waals surface area contributed by atoms with Crippen LogP contribution in [0.3, 0.4) is 0 Å². The van der Waals surface area contributed by atoms with Crippen molar-refractivity contribution in [2.45, 2.75) is 37.8 Å². The number of hydrogen-bond acceptors (Lipinski definition) is 3. The van der Waals surface area contributed by atoms with Crippen LogP contribution < -0.4 is 10.9 Å². The van der Waals surface area contributed by atoms with Crippen molar-refractivity contribution in [2.24, 2.45) is 5.92 Å². The molecule has 1 aromatic heterocycles. The maximum absolute atomic E-state index is 12.7. The SMILES string of the molecule is O=c1c(C2CCCO2)ccc2n1CC1CNCC2C1. The fourth-order valence-corrected chi connectivity index (χ4v) is 3.88. The first-order valence-corrected chi connectivity index (χ1v) is 7.39. The summed E-state index contributed by atoms with van der Waals surface area (Å²) in [5.41, 5.74) is 2.28. The molecule has 2 fully saturated rings. The lowest BCUT2D eigenvalue weighted by atomic mass is 9.84. The number of pyridine rings is 1. The summed E-state index contributed by atoms with van der Waals surface area (Å²) in [6.45, 7) is 3.72. The van der Waals surface area contributed by atoms with Gasteiger partial charge in [0.25, 0.3) is 5.56 Å². The van der Waals surface area contributed by atoms with Crippen LogP contribution in [0.25, 0.3) is 0 Å². The number of ether oxygens (including phenoxy) is 1. The minimum Gasteiger partial charge on any atom is -0.373 e. The molecule has 0 aromatic carbocycles. The van der Waals surface area contributed by atoms with Gasteiger partial charge in [-0.25, -0.2) is 0 Å². The zero-order chi connectivity index (χ0) is 12.8. The fraction of sp³-hybridized carbons (Fsp3) is 0.667. The first kappa shape index (κ1) is 11.7. The van der Waals surface area contributed by atoms with Crippen LogP contribution in [-0.2, 0) is 11.3 Å². The molecule has 1 N–H and O–H groups in total. The van der Waals surface area contributed by atoms with Crippen LogP contribution in [-0.4, -0.2) is 24.3 Å². The Balaban J connectivity index is 1.78. The Labute approximate surface area is 112 Å². The molecule has 3 unspecified atom stereocenters. The maximum atomic E-state index is 12.7. The Morgan fingerprint density at radius 2 is 2.26 bits per heavy atom. The van der Waals surface area contributed by atoms with Gasteiger partial charge in [-0.1, -0.05) is 0 Å². The summed E-state index contributed by atoms with van der Waals surface area (Å²) in [6, 6.07) is 4.17. The summed E-state index contributed by atoms with van der Waals surface area (Å²) in [5.74, 6) is 1.13. The molecule has 3 aliphatic heterocycles. The van der Waals surface area contributed by atoms with Gasteiger partial charge in [0, 0.05) is 36.9 Å². The van der Waals surface area contributed by atoms with Gasteiger partial charge in [0.2, 0.25) is 0 Å². The Hall–Kier alpha value is -1.13. The molecule has 3 atom stereocenters. The van der Waals surface area contributed by atoms with E-state index in [9.17, 15) is 4.79 Å². The van der Waals surface area contributed by atoms with Crippen molar-refractivity contribution in [1.82, 2.24) is 9.88 Å². The number of fused-ring (bicyclic) bond motifs is 4. The molecule has 4 heteroatoms. The molecule has 102 valence electrons. The smallest absolute Gasteiger partial charge is 0.256 e. The zero-order valence-electron chi connectivity index (χ0n) is 11.1. The monoisotopic (exact) mass is 260 g/mol. The summed E-state index contributed by atoms with van der Waals surface area (Å²) in [5, 5.41) is 3.48. The lowest BCUT2D eigenvalue weighted by Gasteiger charge is -2.37. The second-order valence-corrected chi connectivity index (χ2v) is 6.09. The van der Waals surface area contributed by atoms with Crippen LogP contribution in [0, 0.1) is 5.92 Å². The second kappa shape index (κ2) is 4.46. The van der Waals surface area contributed by atoms with Crippen LogP contribution in [0.4, 0.5) is 0 Å². The topological polar surface area (TPSA) is 43.3 Å². The summed E-state index contributed by atoms with van der Waals surface area (Å²) in [7, 11) is 0. The molecule has 0 saturated carbocycles. The van der Waals surface area contributed by atoms with Gasteiger partial charge in [-0.3, -0.25) is 4.79 Å². The number of nitrogens with zero attached hydrogens (tertiary/aromatic N) is 1. The highest BCUT2D eigenvalue weighted by atomic mass is 16.5. The molecular formula is C15H20N2O2.